The van der Waals surface area contributed by atoms with Crippen molar-refractivity contribution in [3.8, 4) is 0 Å². The van der Waals surface area contributed by atoms with Crippen LogP contribution in [0, 0.1) is 5.92 Å². The van der Waals surface area contributed by atoms with Gasteiger partial charge in [0.1, 0.15) is 0 Å². The minimum Gasteiger partial charge on any atom is -0.462 e. The van der Waals surface area contributed by atoms with Gasteiger partial charge in [-0.15, -0.1) is 0 Å². The number of carbonyl (C=O) groups excluding carboxylic acids is 1. The summed E-state index contributed by atoms with van der Waals surface area (Å²) in [5.41, 5.74) is 0.503. The van der Waals surface area contributed by atoms with Gasteiger partial charge in [0.05, 0.1) is 12.2 Å². The molecule has 0 atom stereocenters. The molecular formula is C22H36BrNO2. The predicted octanol–water partition coefficient (Wildman–Crippen LogP) is 7.34. The molecule has 0 bridgehead atoms. The molecule has 3 nitrogen and oxygen atoms in total. The lowest BCUT2D eigenvalue weighted by molar-refractivity contribution is 0.0497. The van der Waals surface area contributed by atoms with Gasteiger partial charge >= 0.3 is 5.97 Å². The van der Waals surface area contributed by atoms with Gasteiger partial charge in [0.2, 0.25) is 0 Å². The highest BCUT2D eigenvalue weighted by atomic mass is 79.9. The normalized spacial score (nSPS) is 11.1. The van der Waals surface area contributed by atoms with E-state index >= 15 is 0 Å². The first kappa shape index (κ1) is 23.1. The molecule has 4 heteroatoms. The Bertz CT molecular complexity index is 491. The number of pyridine rings is 1. The van der Waals surface area contributed by atoms with E-state index in [9.17, 15) is 4.79 Å². The maximum atomic E-state index is 11.8. The molecule has 0 radical (unpaired) electrons. The Kier molecular flexibility index (Phi) is 13.5. The minimum absolute atomic E-state index is 0.285. The predicted molar refractivity (Wildman–Crippen MR) is 112 cm³/mol. The molecule has 0 amide bonds. The maximum Gasteiger partial charge on any atom is 0.339 e. The monoisotopic (exact) mass is 425 g/mol. The van der Waals surface area contributed by atoms with Crippen LogP contribution in [0.4, 0.5) is 0 Å². The highest BCUT2D eigenvalue weighted by Gasteiger charge is 2.07. The van der Waals surface area contributed by atoms with Crippen molar-refractivity contribution in [2.75, 3.05) is 6.61 Å². The Morgan fingerprint density at radius 3 is 2.00 bits per heavy atom. The fraction of sp³-hybridized carbons (Fsp3) is 0.727. The van der Waals surface area contributed by atoms with Crippen LogP contribution in [-0.2, 0) is 4.74 Å². The molecule has 0 aliphatic rings. The van der Waals surface area contributed by atoms with Gasteiger partial charge < -0.3 is 4.74 Å². The Balaban J connectivity index is 1.84. The highest BCUT2D eigenvalue weighted by Crippen LogP contribution is 2.14. The third kappa shape index (κ3) is 12.5. The average molecular weight is 426 g/mol. The third-order valence-corrected chi connectivity index (χ3v) is 5.03. The first-order valence-corrected chi connectivity index (χ1v) is 11.2. The second kappa shape index (κ2) is 15.2. The summed E-state index contributed by atoms with van der Waals surface area (Å²) in [5.74, 6) is 0.572. The molecule has 0 aliphatic heterocycles. The number of esters is 1. The first-order valence-electron chi connectivity index (χ1n) is 10.4. The van der Waals surface area contributed by atoms with Crippen LogP contribution in [0.2, 0.25) is 0 Å². The number of nitrogens with zero attached hydrogens (tertiary/aromatic N) is 1. The summed E-state index contributed by atoms with van der Waals surface area (Å²) >= 11 is 3.31. The van der Waals surface area contributed by atoms with Gasteiger partial charge in [0.25, 0.3) is 0 Å². The molecule has 1 heterocycles. The SMILES string of the molecule is CC(C)CCCCCCCCCCCCCOC(=O)c1cncc(Br)c1. The van der Waals surface area contributed by atoms with Crippen LogP contribution in [0.1, 0.15) is 101 Å². The second-order valence-electron chi connectivity index (χ2n) is 7.60. The molecule has 0 unspecified atom stereocenters. The molecule has 1 rings (SSSR count). The summed E-state index contributed by atoms with van der Waals surface area (Å²) in [4.78, 5) is 15.8. The lowest BCUT2D eigenvalue weighted by Gasteiger charge is -2.06. The van der Waals surface area contributed by atoms with Crippen molar-refractivity contribution >= 4 is 21.9 Å². The summed E-state index contributed by atoms with van der Waals surface area (Å²) < 4.78 is 6.08. The number of aromatic nitrogens is 1. The van der Waals surface area contributed by atoms with E-state index in [0.717, 1.165) is 23.2 Å². The zero-order chi connectivity index (χ0) is 19.0. The molecular weight excluding hydrogens is 390 g/mol. The van der Waals surface area contributed by atoms with Gasteiger partial charge in [-0.05, 0) is 34.3 Å². The van der Waals surface area contributed by atoms with E-state index in [1.165, 1.54) is 70.4 Å². The number of ether oxygens (including phenoxy) is 1. The molecule has 0 aliphatic carbocycles. The lowest BCUT2D eigenvalue weighted by atomic mass is 10.0. The molecule has 26 heavy (non-hydrogen) atoms. The fourth-order valence-corrected chi connectivity index (χ4v) is 3.38. The van der Waals surface area contributed by atoms with E-state index in [4.69, 9.17) is 4.74 Å². The topological polar surface area (TPSA) is 39.2 Å². The van der Waals surface area contributed by atoms with Gasteiger partial charge in [0, 0.05) is 16.9 Å². The zero-order valence-corrected chi connectivity index (χ0v) is 18.2. The molecule has 0 N–H and O–H groups in total. The average Bonchev–Trinajstić information content (AvgIpc) is 2.61. The molecule has 0 aromatic carbocycles. The minimum atomic E-state index is -0.285. The zero-order valence-electron chi connectivity index (χ0n) is 16.6. The van der Waals surface area contributed by atoms with E-state index in [2.05, 4.69) is 34.8 Å². The van der Waals surface area contributed by atoms with Gasteiger partial charge in [-0.2, -0.15) is 0 Å². The maximum absolute atomic E-state index is 11.8. The van der Waals surface area contributed by atoms with Crippen molar-refractivity contribution in [1.82, 2.24) is 4.98 Å². The Morgan fingerprint density at radius 1 is 0.923 bits per heavy atom. The van der Waals surface area contributed by atoms with Crippen molar-refractivity contribution in [3.63, 3.8) is 0 Å². The summed E-state index contributed by atoms with van der Waals surface area (Å²) in [6.07, 6.45) is 18.9. The Labute approximate surface area is 168 Å². The summed E-state index contributed by atoms with van der Waals surface area (Å²) in [6.45, 7) is 5.12. The summed E-state index contributed by atoms with van der Waals surface area (Å²) in [5, 5.41) is 0. The second-order valence-corrected chi connectivity index (χ2v) is 8.52. The number of hydrogen-bond donors (Lipinski definition) is 0. The van der Waals surface area contributed by atoms with Crippen molar-refractivity contribution in [3.05, 3.63) is 28.5 Å². The van der Waals surface area contributed by atoms with E-state index in [-0.39, 0.29) is 5.97 Å². The van der Waals surface area contributed by atoms with Crippen molar-refractivity contribution in [2.45, 2.75) is 90.9 Å². The van der Waals surface area contributed by atoms with Crippen LogP contribution >= 0.6 is 15.9 Å². The van der Waals surface area contributed by atoms with Crippen LogP contribution in [0.3, 0.4) is 0 Å². The number of rotatable bonds is 15. The molecule has 1 aromatic rings. The standard InChI is InChI=1S/C22H36BrNO2/c1-19(2)14-12-10-8-6-4-3-5-7-9-11-13-15-26-22(25)20-16-21(23)18-24-17-20/h16-19H,3-15H2,1-2H3. The first-order chi connectivity index (χ1) is 12.6. The van der Waals surface area contributed by atoms with Gasteiger partial charge in [-0.25, -0.2) is 4.79 Å². The molecule has 0 spiro atoms. The van der Waals surface area contributed by atoms with Crippen LogP contribution in [0.25, 0.3) is 0 Å². The Hall–Kier alpha value is -0.900. The molecule has 0 saturated carbocycles. The quantitative estimate of drug-likeness (QED) is 0.218. The van der Waals surface area contributed by atoms with E-state index in [1.54, 1.807) is 12.3 Å². The Morgan fingerprint density at radius 2 is 1.46 bits per heavy atom. The largest absolute Gasteiger partial charge is 0.462 e. The fourth-order valence-electron chi connectivity index (χ4n) is 3.02. The molecule has 1 aromatic heterocycles. The van der Waals surface area contributed by atoms with E-state index in [0.29, 0.717) is 12.2 Å². The third-order valence-electron chi connectivity index (χ3n) is 4.60. The van der Waals surface area contributed by atoms with Crippen LogP contribution in [-0.4, -0.2) is 17.6 Å². The van der Waals surface area contributed by atoms with Gasteiger partial charge in [0.15, 0.2) is 0 Å². The van der Waals surface area contributed by atoms with Crippen LogP contribution in [0.5, 0.6) is 0 Å². The molecule has 0 fully saturated rings. The van der Waals surface area contributed by atoms with Crippen LogP contribution in [0.15, 0.2) is 22.9 Å². The molecule has 0 saturated heterocycles. The van der Waals surface area contributed by atoms with Gasteiger partial charge in [-0.3, -0.25) is 4.98 Å². The highest BCUT2D eigenvalue weighted by molar-refractivity contribution is 9.10. The van der Waals surface area contributed by atoms with Crippen molar-refractivity contribution in [2.24, 2.45) is 5.92 Å². The number of hydrogen-bond acceptors (Lipinski definition) is 3. The molecule has 148 valence electrons. The van der Waals surface area contributed by atoms with Crippen molar-refractivity contribution in [1.29, 1.82) is 0 Å². The number of halogens is 1. The summed E-state index contributed by atoms with van der Waals surface area (Å²) in [6, 6.07) is 1.74. The van der Waals surface area contributed by atoms with Crippen LogP contribution < -0.4 is 0 Å². The van der Waals surface area contributed by atoms with E-state index < -0.39 is 0 Å². The van der Waals surface area contributed by atoms with Gasteiger partial charge in [-0.1, -0.05) is 84.5 Å². The van der Waals surface area contributed by atoms with E-state index in [1.807, 2.05) is 0 Å². The number of unbranched alkanes of at least 4 members (excludes halogenated alkanes) is 10. The number of carbonyl (C=O) groups is 1. The van der Waals surface area contributed by atoms with Crippen molar-refractivity contribution < 1.29 is 9.53 Å². The lowest BCUT2D eigenvalue weighted by Crippen LogP contribution is -2.06. The smallest absolute Gasteiger partial charge is 0.339 e. The summed E-state index contributed by atoms with van der Waals surface area (Å²) in [7, 11) is 0.